The zero-order valence-electron chi connectivity index (χ0n) is 13.7. The molecule has 7 heteroatoms. The minimum absolute atomic E-state index is 0.0691. The predicted molar refractivity (Wildman–Crippen MR) is 92.3 cm³/mol. The Kier molecular flexibility index (Phi) is 4.83. The first-order chi connectivity index (χ1) is 12.0. The van der Waals surface area contributed by atoms with Crippen molar-refractivity contribution in [1.29, 1.82) is 0 Å². The molecule has 2 N–H and O–H groups in total. The maximum absolute atomic E-state index is 12.9. The topological polar surface area (TPSA) is 70.7 Å². The second kappa shape index (κ2) is 7.21. The van der Waals surface area contributed by atoms with Crippen LogP contribution in [0.1, 0.15) is 6.42 Å². The Hall–Kier alpha value is -3.09. The van der Waals surface area contributed by atoms with E-state index < -0.39 is 6.03 Å². The Morgan fingerprint density at radius 3 is 2.72 bits per heavy atom. The normalized spacial score (nSPS) is 16.6. The molecule has 3 rings (SSSR count). The minimum atomic E-state index is -0.433. The molecule has 0 aromatic heterocycles. The van der Waals surface area contributed by atoms with Crippen molar-refractivity contribution in [3.8, 4) is 5.75 Å². The maximum atomic E-state index is 12.9. The third-order valence-corrected chi connectivity index (χ3v) is 3.93. The van der Waals surface area contributed by atoms with Crippen LogP contribution >= 0.6 is 0 Å². The van der Waals surface area contributed by atoms with E-state index in [1.54, 1.807) is 24.1 Å². The van der Waals surface area contributed by atoms with Gasteiger partial charge in [0, 0.05) is 30.4 Å². The van der Waals surface area contributed by atoms with Crippen LogP contribution in [0.5, 0.6) is 5.75 Å². The van der Waals surface area contributed by atoms with Gasteiger partial charge in [-0.15, -0.1) is 0 Å². The van der Waals surface area contributed by atoms with Gasteiger partial charge in [0.25, 0.3) is 0 Å². The van der Waals surface area contributed by atoms with E-state index in [1.807, 2.05) is 12.1 Å². The van der Waals surface area contributed by atoms with E-state index in [0.717, 1.165) is 5.69 Å². The van der Waals surface area contributed by atoms with Crippen molar-refractivity contribution in [1.82, 2.24) is 5.32 Å². The number of urea groups is 1. The lowest BCUT2D eigenvalue weighted by molar-refractivity contribution is -0.117. The third kappa shape index (κ3) is 4.06. The van der Waals surface area contributed by atoms with Gasteiger partial charge in [-0.25, -0.2) is 9.18 Å². The average molecular weight is 343 g/mol. The summed E-state index contributed by atoms with van der Waals surface area (Å²) in [6, 6.07) is 11.9. The van der Waals surface area contributed by atoms with E-state index in [1.165, 1.54) is 24.3 Å². The van der Waals surface area contributed by atoms with Crippen LogP contribution in [0.2, 0.25) is 0 Å². The first-order valence-corrected chi connectivity index (χ1v) is 7.82. The van der Waals surface area contributed by atoms with Crippen molar-refractivity contribution in [2.45, 2.75) is 12.5 Å². The zero-order valence-corrected chi connectivity index (χ0v) is 13.7. The number of carbonyl (C=O) groups is 2. The van der Waals surface area contributed by atoms with Gasteiger partial charge in [0.05, 0.1) is 13.2 Å². The molecule has 6 nitrogen and oxygen atoms in total. The highest BCUT2D eigenvalue weighted by atomic mass is 19.1. The summed E-state index contributed by atoms with van der Waals surface area (Å²) in [4.78, 5) is 25.9. The summed E-state index contributed by atoms with van der Waals surface area (Å²) in [5, 5.41) is 5.38. The van der Waals surface area contributed by atoms with E-state index >= 15 is 0 Å². The molecule has 1 fully saturated rings. The van der Waals surface area contributed by atoms with Gasteiger partial charge in [0.2, 0.25) is 5.91 Å². The van der Waals surface area contributed by atoms with Crippen LogP contribution in [0.25, 0.3) is 0 Å². The number of halogens is 1. The summed E-state index contributed by atoms with van der Waals surface area (Å²) in [5.41, 5.74) is 1.21. The monoisotopic (exact) mass is 343 g/mol. The van der Waals surface area contributed by atoms with Crippen LogP contribution in [0.15, 0.2) is 48.5 Å². The van der Waals surface area contributed by atoms with E-state index in [0.29, 0.717) is 18.0 Å². The Morgan fingerprint density at radius 1 is 1.24 bits per heavy atom. The molecule has 2 aromatic rings. The molecular formula is C18H18FN3O3. The van der Waals surface area contributed by atoms with Crippen molar-refractivity contribution in [2.75, 3.05) is 23.9 Å². The first kappa shape index (κ1) is 16.8. The lowest BCUT2D eigenvalue weighted by atomic mass is 10.2. The van der Waals surface area contributed by atoms with Gasteiger partial charge < -0.3 is 20.3 Å². The van der Waals surface area contributed by atoms with Crippen molar-refractivity contribution < 1.29 is 18.7 Å². The Labute approximate surface area is 144 Å². The number of hydrogen-bond acceptors (Lipinski definition) is 3. The number of nitrogens with one attached hydrogen (secondary N) is 2. The first-order valence-electron chi connectivity index (χ1n) is 7.82. The van der Waals surface area contributed by atoms with Crippen LogP contribution in [0.4, 0.5) is 20.6 Å². The smallest absolute Gasteiger partial charge is 0.319 e. The van der Waals surface area contributed by atoms with Crippen LogP contribution in [0, 0.1) is 5.82 Å². The van der Waals surface area contributed by atoms with Crippen molar-refractivity contribution in [2.24, 2.45) is 0 Å². The quantitative estimate of drug-likeness (QED) is 0.897. The number of hydrogen-bond donors (Lipinski definition) is 2. The molecule has 0 saturated carbocycles. The lowest BCUT2D eigenvalue weighted by Gasteiger charge is -2.18. The molecule has 0 unspecified atom stereocenters. The number of rotatable bonds is 4. The number of anilines is 2. The van der Waals surface area contributed by atoms with E-state index in [9.17, 15) is 14.0 Å². The number of methoxy groups -OCH3 is 1. The van der Waals surface area contributed by atoms with Crippen molar-refractivity contribution in [3.05, 3.63) is 54.3 Å². The van der Waals surface area contributed by atoms with Gasteiger partial charge in [-0.1, -0.05) is 6.07 Å². The molecule has 1 aliphatic heterocycles. The minimum Gasteiger partial charge on any atom is -0.497 e. The van der Waals surface area contributed by atoms with Gasteiger partial charge in [-0.2, -0.15) is 0 Å². The summed E-state index contributed by atoms with van der Waals surface area (Å²) >= 11 is 0. The van der Waals surface area contributed by atoms with Gasteiger partial charge in [0.15, 0.2) is 0 Å². The second-order valence-corrected chi connectivity index (χ2v) is 5.71. The summed E-state index contributed by atoms with van der Waals surface area (Å²) in [6.07, 6.45) is 0.216. The second-order valence-electron chi connectivity index (χ2n) is 5.71. The largest absolute Gasteiger partial charge is 0.497 e. The molecule has 0 bridgehead atoms. The molecular weight excluding hydrogens is 325 g/mol. The molecule has 2 aromatic carbocycles. The molecule has 130 valence electrons. The predicted octanol–water partition coefficient (Wildman–Crippen LogP) is 2.76. The van der Waals surface area contributed by atoms with Gasteiger partial charge in [-0.05, 0) is 36.4 Å². The fraction of sp³-hybridized carbons (Fsp3) is 0.222. The molecule has 25 heavy (non-hydrogen) atoms. The fourth-order valence-electron chi connectivity index (χ4n) is 2.72. The summed E-state index contributed by atoms with van der Waals surface area (Å²) < 4.78 is 18.0. The van der Waals surface area contributed by atoms with Gasteiger partial charge in [0.1, 0.15) is 11.6 Å². The standard InChI is InChI=1S/C18H18FN3O3/c1-25-16-4-2-3-15(10-16)22-11-14(9-17(22)23)21-18(24)20-13-7-5-12(19)6-8-13/h2-8,10,14H,9,11H2,1H3,(H2,20,21,24)/t14-/m1/s1. The summed E-state index contributed by atoms with van der Waals surface area (Å²) in [6.45, 7) is 0.378. The van der Waals surface area contributed by atoms with Crippen LogP contribution in [0.3, 0.4) is 0 Å². The number of nitrogens with zero attached hydrogens (tertiary/aromatic N) is 1. The molecule has 1 aliphatic rings. The SMILES string of the molecule is COc1cccc(N2C[C@H](NC(=O)Nc3ccc(F)cc3)CC2=O)c1. The van der Waals surface area contributed by atoms with Crippen LogP contribution in [-0.2, 0) is 4.79 Å². The van der Waals surface area contributed by atoms with Gasteiger partial charge >= 0.3 is 6.03 Å². The summed E-state index contributed by atoms with van der Waals surface area (Å²) in [7, 11) is 1.56. The van der Waals surface area contributed by atoms with E-state index in [2.05, 4.69) is 10.6 Å². The molecule has 0 aliphatic carbocycles. The molecule has 1 atom stereocenters. The maximum Gasteiger partial charge on any atom is 0.319 e. The highest BCUT2D eigenvalue weighted by Crippen LogP contribution is 2.25. The molecule has 1 saturated heterocycles. The van der Waals surface area contributed by atoms with Crippen molar-refractivity contribution >= 4 is 23.3 Å². The Balaban J connectivity index is 1.60. The van der Waals surface area contributed by atoms with Crippen molar-refractivity contribution in [3.63, 3.8) is 0 Å². The zero-order chi connectivity index (χ0) is 17.8. The number of amides is 3. The van der Waals surface area contributed by atoms with E-state index in [-0.39, 0.29) is 24.2 Å². The molecule has 0 spiro atoms. The highest BCUT2D eigenvalue weighted by Gasteiger charge is 2.31. The van der Waals surface area contributed by atoms with Crippen LogP contribution < -0.4 is 20.3 Å². The fourth-order valence-corrected chi connectivity index (χ4v) is 2.72. The molecule has 3 amide bonds. The number of carbonyl (C=O) groups excluding carboxylic acids is 2. The number of ether oxygens (including phenoxy) is 1. The Morgan fingerprint density at radius 2 is 2.00 bits per heavy atom. The average Bonchev–Trinajstić information content (AvgIpc) is 2.97. The van der Waals surface area contributed by atoms with Crippen LogP contribution in [-0.4, -0.2) is 31.6 Å². The van der Waals surface area contributed by atoms with Gasteiger partial charge in [-0.3, -0.25) is 4.79 Å². The lowest BCUT2D eigenvalue weighted by Crippen LogP contribution is -2.39. The highest BCUT2D eigenvalue weighted by molar-refractivity contribution is 5.97. The van der Waals surface area contributed by atoms with E-state index in [4.69, 9.17) is 4.74 Å². The Bertz CT molecular complexity index is 779. The molecule has 0 radical (unpaired) electrons. The molecule has 1 heterocycles. The third-order valence-electron chi connectivity index (χ3n) is 3.93. The number of benzene rings is 2. The summed E-state index contributed by atoms with van der Waals surface area (Å²) in [5.74, 6) is 0.220.